The Morgan fingerprint density at radius 2 is 2.05 bits per heavy atom. The normalized spacial score (nSPS) is 25.1. The third kappa shape index (κ3) is 2.49. The molecular weight excluding hydrogens is 236 g/mol. The summed E-state index contributed by atoms with van der Waals surface area (Å²) in [5.41, 5.74) is 3.02. The van der Waals surface area contributed by atoms with Crippen molar-refractivity contribution in [1.29, 1.82) is 0 Å². The monoisotopic (exact) mass is 260 g/mol. The molecule has 2 heterocycles. The number of likely N-dealkylation sites (N-methyl/N-ethyl adjacent to an activating group) is 1. The van der Waals surface area contributed by atoms with Crippen LogP contribution in [0, 0.1) is 5.92 Å². The van der Waals surface area contributed by atoms with Gasteiger partial charge < -0.3 is 10.1 Å². The van der Waals surface area contributed by atoms with Crippen molar-refractivity contribution in [2.75, 3.05) is 33.8 Å². The first-order valence-electron chi connectivity index (χ1n) is 7.37. The first-order chi connectivity index (χ1) is 9.29. The van der Waals surface area contributed by atoms with E-state index in [-0.39, 0.29) is 0 Å². The van der Waals surface area contributed by atoms with Crippen molar-refractivity contribution in [2.45, 2.75) is 25.3 Å². The summed E-state index contributed by atoms with van der Waals surface area (Å²) in [6, 6.07) is 7.19. The number of ether oxygens (including phenoxy) is 1. The molecule has 104 valence electrons. The molecule has 0 radical (unpaired) electrons. The fraction of sp³-hybridized carbons (Fsp3) is 0.625. The lowest BCUT2D eigenvalue weighted by atomic mass is 9.80. The van der Waals surface area contributed by atoms with Crippen LogP contribution in [0.3, 0.4) is 0 Å². The highest BCUT2D eigenvalue weighted by Crippen LogP contribution is 2.39. The molecule has 1 saturated heterocycles. The molecule has 2 aliphatic heterocycles. The van der Waals surface area contributed by atoms with Crippen molar-refractivity contribution < 1.29 is 4.74 Å². The molecule has 3 nitrogen and oxygen atoms in total. The first kappa shape index (κ1) is 12.9. The largest absolute Gasteiger partial charge is 0.497 e. The molecule has 1 N–H and O–H groups in total. The molecule has 19 heavy (non-hydrogen) atoms. The molecule has 3 rings (SSSR count). The number of hydrogen-bond acceptors (Lipinski definition) is 3. The number of nitrogens with one attached hydrogen (secondary N) is 1. The van der Waals surface area contributed by atoms with E-state index in [2.05, 4.69) is 35.5 Å². The SMILES string of the molecule is COc1ccc2c(c1)C(C1CCNCC1)N(C)CC2. The summed E-state index contributed by atoms with van der Waals surface area (Å²) >= 11 is 0. The molecule has 0 spiro atoms. The Labute approximate surface area is 115 Å². The molecule has 0 aliphatic carbocycles. The molecule has 1 unspecified atom stereocenters. The zero-order chi connectivity index (χ0) is 13.2. The number of hydrogen-bond donors (Lipinski definition) is 1. The predicted octanol–water partition coefficient (Wildman–Crippen LogP) is 2.22. The quantitative estimate of drug-likeness (QED) is 0.882. The zero-order valence-electron chi connectivity index (χ0n) is 12.0. The summed E-state index contributed by atoms with van der Waals surface area (Å²) in [4.78, 5) is 2.54. The molecule has 1 atom stereocenters. The maximum Gasteiger partial charge on any atom is 0.119 e. The average molecular weight is 260 g/mol. The smallest absolute Gasteiger partial charge is 0.119 e. The van der Waals surface area contributed by atoms with Crippen LogP contribution in [0.5, 0.6) is 5.75 Å². The summed E-state index contributed by atoms with van der Waals surface area (Å²) < 4.78 is 5.42. The van der Waals surface area contributed by atoms with Crippen LogP contribution in [0.4, 0.5) is 0 Å². The lowest BCUT2D eigenvalue weighted by Gasteiger charge is -2.41. The van der Waals surface area contributed by atoms with Gasteiger partial charge in [-0.1, -0.05) is 6.07 Å². The van der Waals surface area contributed by atoms with E-state index in [1.54, 1.807) is 7.11 Å². The van der Waals surface area contributed by atoms with Gasteiger partial charge in [0.15, 0.2) is 0 Å². The Balaban J connectivity index is 1.94. The molecule has 1 fully saturated rings. The van der Waals surface area contributed by atoms with Crippen molar-refractivity contribution in [2.24, 2.45) is 5.92 Å². The van der Waals surface area contributed by atoms with E-state index in [0.717, 1.165) is 31.2 Å². The summed E-state index contributed by atoms with van der Waals surface area (Å²) in [6.07, 6.45) is 3.73. The molecule has 1 aromatic rings. The van der Waals surface area contributed by atoms with Crippen LogP contribution in [-0.4, -0.2) is 38.7 Å². The van der Waals surface area contributed by atoms with Crippen molar-refractivity contribution in [3.8, 4) is 5.75 Å². The minimum Gasteiger partial charge on any atom is -0.497 e. The molecule has 0 saturated carbocycles. The Morgan fingerprint density at radius 1 is 1.26 bits per heavy atom. The Bertz CT molecular complexity index is 440. The van der Waals surface area contributed by atoms with Crippen LogP contribution in [0.25, 0.3) is 0 Å². The average Bonchev–Trinajstić information content (AvgIpc) is 2.47. The number of benzene rings is 1. The van der Waals surface area contributed by atoms with Gasteiger partial charge in [-0.3, -0.25) is 4.90 Å². The van der Waals surface area contributed by atoms with Gasteiger partial charge in [0.25, 0.3) is 0 Å². The Hall–Kier alpha value is -1.06. The van der Waals surface area contributed by atoms with Gasteiger partial charge in [-0.15, -0.1) is 0 Å². The lowest BCUT2D eigenvalue weighted by Crippen LogP contribution is -2.40. The summed E-state index contributed by atoms with van der Waals surface area (Å²) in [7, 11) is 4.03. The van der Waals surface area contributed by atoms with E-state index < -0.39 is 0 Å². The van der Waals surface area contributed by atoms with Crippen LogP contribution >= 0.6 is 0 Å². The molecule has 2 aliphatic rings. The van der Waals surface area contributed by atoms with Gasteiger partial charge in [-0.05, 0) is 68.6 Å². The first-order valence-corrected chi connectivity index (χ1v) is 7.37. The second-order valence-corrected chi connectivity index (χ2v) is 5.83. The summed E-state index contributed by atoms with van der Waals surface area (Å²) in [5, 5.41) is 3.47. The van der Waals surface area contributed by atoms with Gasteiger partial charge in [0.2, 0.25) is 0 Å². The van der Waals surface area contributed by atoms with E-state index in [0.29, 0.717) is 6.04 Å². The van der Waals surface area contributed by atoms with Gasteiger partial charge in [-0.25, -0.2) is 0 Å². The predicted molar refractivity (Wildman–Crippen MR) is 77.7 cm³/mol. The number of fused-ring (bicyclic) bond motifs is 1. The molecule has 1 aromatic carbocycles. The van der Waals surface area contributed by atoms with Crippen molar-refractivity contribution >= 4 is 0 Å². The van der Waals surface area contributed by atoms with Gasteiger partial charge in [-0.2, -0.15) is 0 Å². The van der Waals surface area contributed by atoms with E-state index >= 15 is 0 Å². The van der Waals surface area contributed by atoms with Gasteiger partial charge >= 0.3 is 0 Å². The van der Waals surface area contributed by atoms with Crippen molar-refractivity contribution in [1.82, 2.24) is 10.2 Å². The van der Waals surface area contributed by atoms with Crippen LogP contribution in [0.1, 0.15) is 30.0 Å². The van der Waals surface area contributed by atoms with E-state index in [1.165, 1.54) is 30.5 Å². The van der Waals surface area contributed by atoms with Crippen molar-refractivity contribution in [3.63, 3.8) is 0 Å². The molecular formula is C16H24N2O. The maximum absolute atomic E-state index is 5.42. The molecule has 0 amide bonds. The Morgan fingerprint density at radius 3 is 2.79 bits per heavy atom. The van der Waals surface area contributed by atoms with Crippen LogP contribution in [0.2, 0.25) is 0 Å². The van der Waals surface area contributed by atoms with E-state index in [1.807, 2.05) is 0 Å². The number of piperidine rings is 1. The highest BCUT2D eigenvalue weighted by Gasteiger charge is 2.32. The van der Waals surface area contributed by atoms with Gasteiger partial charge in [0, 0.05) is 12.6 Å². The minimum absolute atomic E-state index is 0.570. The molecule has 3 heteroatoms. The number of methoxy groups -OCH3 is 1. The lowest BCUT2D eigenvalue weighted by molar-refractivity contribution is 0.139. The highest BCUT2D eigenvalue weighted by molar-refractivity contribution is 5.39. The molecule has 0 bridgehead atoms. The van der Waals surface area contributed by atoms with Crippen LogP contribution < -0.4 is 10.1 Å². The highest BCUT2D eigenvalue weighted by atomic mass is 16.5. The van der Waals surface area contributed by atoms with Gasteiger partial charge in [0.1, 0.15) is 5.75 Å². The van der Waals surface area contributed by atoms with Crippen LogP contribution in [0.15, 0.2) is 18.2 Å². The zero-order valence-corrected chi connectivity index (χ0v) is 12.0. The van der Waals surface area contributed by atoms with Gasteiger partial charge in [0.05, 0.1) is 7.11 Å². The maximum atomic E-state index is 5.42. The number of rotatable bonds is 2. The minimum atomic E-state index is 0.570. The molecule has 0 aromatic heterocycles. The third-order valence-corrected chi connectivity index (χ3v) is 4.71. The van der Waals surface area contributed by atoms with E-state index in [4.69, 9.17) is 4.74 Å². The second-order valence-electron chi connectivity index (χ2n) is 5.83. The van der Waals surface area contributed by atoms with Crippen molar-refractivity contribution in [3.05, 3.63) is 29.3 Å². The third-order valence-electron chi connectivity index (χ3n) is 4.71. The Kier molecular flexibility index (Phi) is 3.76. The van der Waals surface area contributed by atoms with Crippen LogP contribution in [-0.2, 0) is 6.42 Å². The number of nitrogens with zero attached hydrogens (tertiary/aromatic N) is 1. The topological polar surface area (TPSA) is 24.5 Å². The summed E-state index contributed by atoms with van der Waals surface area (Å²) in [6.45, 7) is 3.50. The fourth-order valence-corrected chi connectivity index (χ4v) is 3.65. The summed E-state index contributed by atoms with van der Waals surface area (Å²) in [5.74, 6) is 1.77. The standard InChI is InChI=1S/C16H24N2O/c1-18-10-7-12-3-4-14(19-2)11-15(12)16(18)13-5-8-17-9-6-13/h3-4,11,13,16-17H,5-10H2,1-2H3. The second kappa shape index (κ2) is 5.51. The fourth-order valence-electron chi connectivity index (χ4n) is 3.65. The van der Waals surface area contributed by atoms with E-state index in [9.17, 15) is 0 Å².